The lowest BCUT2D eigenvalue weighted by molar-refractivity contribution is -0.910. The molecule has 4 nitrogen and oxygen atoms in total. The van der Waals surface area contributed by atoms with Crippen LogP contribution >= 0.6 is 11.3 Å². The fourth-order valence-electron chi connectivity index (χ4n) is 3.59. The summed E-state index contributed by atoms with van der Waals surface area (Å²) in [5, 5.41) is 4.20. The maximum Gasteiger partial charge on any atom is 0.279 e. The van der Waals surface area contributed by atoms with E-state index >= 15 is 0 Å². The molecule has 3 aromatic rings. The zero-order chi connectivity index (χ0) is 17.2. The Morgan fingerprint density at radius 2 is 2.16 bits per heavy atom. The molecule has 1 saturated heterocycles. The third-order valence-electron chi connectivity index (χ3n) is 4.78. The van der Waals surface area contributed by atoms with Crippen molar-refractivity contribution in [3.63, 3.8) is 0 Å². The topological polar surface area (TPSA) is 46.4 Å². The number of fused-ring (bicyclic) bond motifs is 1. The van der Waals surface area contributed by atoms with Crippen molar-refractivity contribution >= 4 is 33.1 Å². The predicted molar refractivity (Wildman–Crippen MR) is 102 cm³/mol. The zero-order valence-electron chi connectivity index (χ0n) is 14.3. The van der Waals surface area contributed by atoms with E-state index in [2.05, 4.69) is 23.5 Å². The number of thiazole rings is 1. The van der Waals surface area contributed by atoms with Crippen LogP contribution in [-0.2, 0) is 4.79 Å². The summed E-state index contributed by atoms with van der Waals surface area (Å²) in [6.07, 6.45) is 2.25. The van der Waals surface area contributed by atoms with Gasteiger partial charge in [-0.2, -0.15) is 0 Å². The van der Waals surface area contributed by atoms with E-state index in [9.17, 15) is 4.79 Å². The number of para-hydroxylation sites is 1. The van der Waals surface area contributed by atoms with Crippen LogP contribution < -0.4 is 10.2 Å². The van der Waals surface area contributed by atoms with Crippen LogP contribution in [0.3, 0.4) is 0 Å². The molecule has 0 saturated carbocycles. The summed E-state index contributed by atoms with van der Waals surface area (Å²) in [5.41, 5.74) is 3.09. The number of carbonyl (C=O) groups is 1. The third-order valence-corrected chi connectivity index (χ3v) is 5.93. The van der Waals surface area contributed by atoms with E-state index in [1.807, 2.05) is 37.3 Å². The van der Waals surface area contributed by atoms with Crippen molar-refractivity contribution in [2.75, 3.05) is 18.4 Å². The van der Waals surface area contributed by atoms with Gasteiger partial charge in [-0.25, -0.2) is 4.98 Å². The molecule has 1 aliphatic rings. The number of nitrogens with one attached hydrogen (secondary N) is 2. The van der Waals surface area contributed by atoms with E-state index in [1.54, 1.807) is 11.3 Å². The summed E-state index contributed by atoms with van der Waals surface area (Å²) < 4.78 is 1.23. The molecule has 2 N–H and O–H groups in total. The van der Waals surface area contributed by atoms with E-state index in [-0.39, 0.29) is 5.91 Å². The number of quaternary nitrogens is 1. The lowest BCUT2D eigenvalue weighted by Gasteiger charge is -2.19. The van der Waals surface area contributed by atoms with Gasteiger partial charge in [0, 0.05) is 18.5 Å². The fraction of sp³-hybridized carbons (Fsp3) is 0.300. The Balaban J connectivity index is 1.46. The number of anilines is 1. The van der Waals surface area contributed by atoms with Crippen LogP contribution in [0.25, 0.3) is 10.2 Å². The highest BCUT2D eigenvalue weighted by Gasteiger charge is 2.33. The average Bonchev–Trinajstić information content (AvgIpc) is 3.20. The molecule has 0 radical (unpaired) electrons. The molecule has 2 heterocycles. The first kappa shape index (κ1) is 16.2. The van der Waals surface area contributed by atoms with E-state index in [1.165, 1.54) is 9.60 Å². The first-order valence-electron chi connectivity index (χ1n) is 8.75. The van der Waals surface area contributed by atoms with Crippen LogP contribution in [0.4, 0.5) is 5.69 Å². The predicted octanol–water partition coefficient (Wildman–Crippen LogP) is 2.96. The minimum Gasteiger partial charge on any atom is -0.321 e. The molecule has 2 atom stereocenters. The number of benzene rings is 2. The van der Waals surface area contributed by atoms with Crippen molar-refractivity contribution in [2.24, 2.45) is 0 Å². The smallest absolute Gasteiger partial charge is 0.279 e. The van der Waals surface area contributed by atoms with Gasteiger partial charge in [0.1, 0.15) is 6.04 Å². The summed E-state index contributed by atoms with van der Waals surface area (Å²) >= 11 is 1.77. The number of aryl methyl sites for hydroxylation is 1. The first-order valence-corrected chi connectivity index (χ1v) is 9.57. The Morgan fingerprint density at radius 3 is 3.00 bits per heavy atom. The Hall–Kier alpha value is -2.24. The van der Waals surface area contributed by atoms with Gasteiger partial charge in [0.25, 0.3) is 5.91 Å². The van der Waals surface area contributed by atoms with Crippen molar-refractivity contribution in [3.8, 4) is 0 Å². The highest BCUT2D eigenvalue weighted by molar-refractivity contribution is 7.18. The fourth-order valence-corrected chi connectivity index (χ4v) is 4.76. The van der Waals surface area contributed by atoms with E-state index in [0.717, 1.165) is 41.2 Å². The molecule has 1 fully saturated rings. The summed E-state index contributed by atoms with van der Waals surface area (Å²) in [7, 11) is 0. The van der Waals surface area contributed by atoms with Crippen LogP contribution in [0.15, 0.2) is 48.5 Å². The van der Waals surface area contributed by atoms with Crippen LogP contribution in [0.1, 0.15) is 29.5 Å². The number of aromatic nitrogens is 1. The van der Waals surface area contributed by atoms with Crippen LogP contribution in [-0.4, -0.2) is 24.0 Å². The molecular weight excluding hydrogens is 330 g/mol. The van der Waals surface area contributed by atoms with Gasteiger partial charge in [-0.15, -0.1) is 11.3 Å². The molecule has 0 spiro atoms. The summed E-state index contributed by atoms with van der Waals surface area (Å²) in [4.78, 5) is 18.6. The van der Waals surface area contributed by atoms with Gasteiger partial charge in [0.15, 0.2) is 11.6 Å². The Morgan fingerprint density at radius 1 is 1.28 bits per heavy atom. The quantitative estimate of drug-likeness (QED) is 0.758. The molecule has 4 rings (SSSR count). The maximum absolute atomic E-state index is 12.5. The minimum atomic E-state index is 0.0774. The zero-order valence-corrected chi connectivity index (χ0v) is 15.1. The second-order valence-corrected chi connectivity index (χ2v) is 7.78. The molecule has 5 heteroatoms. The van der Waals surface area contributed by atoms with Crippen molar-refractivity contribution in [2.45, 2.75) is 25.8 Å². The molecule has 0 bridgehead atoms. The van der Waals surface area contributed by atoms with E-state index < -0.39 is 0 Å². The Labute approximate surface area is 151 Å². The number of amides is 1. The monoisotopic (exact) mass is 352 g/mol. The first-order chi connectivity index (χ1) is 12.2. The van der Waals surface area contributed by atoms with Crippen LogP contribution in [0, 0.1) is 6.92 Å². The maximum atomic E-state index is 12.5. The SMILES string of the molecule is Cc1cccc(NC(=O)C[NH+]2CCC[C@@H]2c2nc3ccccc3s2)c1. The average molecular weight is 352 g/mol. The van der Waals surface area contributed by atoms with E-state index in [0.29, 0.717) is 12.6 Å². The van der Waals surface area contributed by atoms with E-state index in [4.69, 9.17) is 4.98 Å². The Bertz CT molecular complexity index is 872. The molecule has 2 aromatic carbocycles. The second-order valence-electron chi connectivity index (χ2n) is 6.72. The molecule has 1 aromatic heterocycles. The second kappa shape index (κ2) is 6.94. The van der Waals surface area contributed by atoms with Gasteiger partial charge in [-0.3, -0.25) is 4.79 Å². The Kier molecular flexibility index (Phi) is 4.51. The number of carbonyl (C=O) groups excluding carboxylic acids is 1. The standard InChI is InChI=1S/C20H21N3OS/c1-14-6-4-7-15(12-14)21-19(24)13-23-11-5-9-17(23)20-22-16-8-2-3-10-18(16)25-20/h2-4,6-8,10,12,17H,5,9,11,13H2,1H3,(H,21,24)/p+1/t17-/m1/s1. The molecular formula is C20H22N3OS+. The van der Waals surface area contributed by atoms with Crippen molar-refractivity contribution in [3.05, 3.63) is 59.1 Å². The molecule has 128 valence electrons. The highest BCUT2D eigenvalue weighted by atomic mass is 32.1. The van der Waals surface area contributed by atoms with Crippen molar-refractivity contribution in [1.82, 2.24) is 4.98 Å². The van der Waals surface area contributed by atoms with Crippen molar-refractivity contribution < 1.29 is 9.69 Å². The number of hydrogen-bond acceptors (Lipinski definition) is 3. The number of nitrogens with zero attached hydrogens (tertiary/aromatic N) is 1. The summed E-state index contributed by atoms with van der Waals surface area (Å²) in [5.74, 6) is 0.0774. The van der Waals surface area contributed by atoms with Gasteiger partial charge >= 0.3 is 0 Å². The summed E-state index contributed by atoms with van der Waals surface area (Å²) in [6.45, 7) is 3.56. The normalized spacial score (nSPS) is 20.0. The number of rotatable bonds is 4. The van der Waals surface area contributed by atoms with Gasteiger partial charge < -0.3 is 10.2 Å². The van der Waals surface area contributed by atoms with Gasteiger partial charge in [-0.05, 0) is 36.8 Å². The molecule has 1 amide bonds. The molecule has 1 unspecified atom stereocenters. The molecule has 1 aliphatic heterocycles. The number of likely N-dealkylation sites (tertiary alicyclic amines) is 1. The van der Waals surface area contributed by atoms with Gasteiger partial charge in [0.2, 0.25) is 0 Å². The van der Waals surface area contributed by atoms with Gasteiger partial charge in [-0.1, -0.05) is 24.3 Å². The van der Waals surface area contributed by atoms with Crippen LogP contribution in [0.2, 0.25) is 0 Å². The lowest BCUT2D eigenvalue weighted by Crippen LogP contribution is -3.11. The third kappa shape index (κ3) is 3.57. The largest absolute Gasteiger partial charge is 0.321 e. The van der Waals surface area contributed by atoms with Crippen LogP contribution in [0.5, 0.6) is 0 Å². The highest BCUT2D eigenvalue weighted by Crippen LogP contribution is 2.28. The minimum absolute atomic E-state index is 0.0774. The van der Waals surface area contributed by atoms with Crippen molar-refractivity contribution in [1.29, 1.82) is 0 Å². The lowest BCUT2D eigenvalue weighted by atomic mass is 10.2. The van der Waals surface area contributed by atoms with Gasteiger partial charge in [0.05, 0.1) is 16.8 Å². The number of hydrogen-bond donors (Lipinski definition) is 2. The summed E-state index contributed by atoms with van der Waals surface area (Å²) in [6, 6.07) is 16.5. The molecule has 25 heavy (non-hydrogen) atoms. The molecule has 0 aliphatic carbocycles.